The van der Waals surface area contributed by atoms with Crippen LogP contribution in [-0.4, -0.2) is 32.5 Å². The molecule has 170 valence electrons. The lowest BCUT2D eigenvalue weighted by Crippen LogP contribution is -2.32. The lowest BCUT2D eigenvalue weighted by atomic mass is 10.2. The summed E-state index contributed by atoms with van der Waals surface area (Å²) in [5.74, 6) is -0.783. The van der Waals surface area contributed by atoms with Crippen LogP contribution in [0.3, 0.4) is 0 Å². The molecule has 0 aliphatic heterocycles. The van der Waals surface area contributed by atoms with Gasteiger partial charge in [0, 0.05) is 22.0 Å². The predicted molar refractivity (Wildman–Crippen MR) is 133 cm³/mol. The van der Waals surface area contributed by atoms with Gasteiger partial charge in [-0.25, -0.2) is 9.48 Å². The Kier molecular flexibility index (Phi) is 5.87. The van der Waals surface area contributed by atoms with E-state index in [2.05, 4.69) is 15.7 Å². The number of benzene rings is 2. The van der Waals surface area contributed by atoms with Gasteiger partial charge in [-0.2, -0.15) is 0 Å². The van der Waals surface area contributed by atoms with Crippen molar-refractivity contribution in [1.82, 2.24) is 19.5 Å². The Morgan fingerprint density at radius 2 is 1.85 bits per heavy atom. The number of carbonyl (C=O) groups is 2. The summed E-state index contributed by atoms with van der Waals surface area (Å²) < 4.78 is 3.74. The lowest BCUT2D eigenvalue weighted by molar-refractivity contribution is -0.115. The van der Waals surface area contributed by atoms with Gasteiger partial charge in [-0.1, -0.05) is 48.0 Å². The Morgan fingerprint density at radius 1 is 1.03 bits per heavy atom. The van der Waals surface area contributed by atoms with Crippen molar-refractivity contribution in [2.45, 2.75) is 6.54 Å². The van der Waals surface area contributed by atoms with Crippen molar-refractivity contribution in [2.75, 3.05) is 11.9 Å². The molecule has 2 amide bonds. The molecule has 0 aliphatic carbocycles. The summed E-state index contributed by atoms with van der Waals surface area (Å²) in [6.45, 7) is 0.0466. The number of rotatable bonds is 6. The summed E-state index contributed by atoms with van der Waals surface area (Å²) in [7, 11) is 0. The number of carbonyl (C=O) groups excluding carboxylic acids is 2. The monoisotopic (exact) mass is 491 g/mol. The van der Waals surface area contributed by atoms with Gasteiger partial charge in [0.1, 0.15) is 4.88 Å². The zero-order valence-corrected chi connectivity index (χ0v) is 19.3. The predicted octanol–water partition coefficient (Wildman–Crippen LogP) is 3.78. The Morgan fingerprint density at radius 3 is 2.68 bits per heavy atom. The molecule has 2 aromatic carbocycles. The van der Waals surface area contributed by atoms with Gasteiger partial charge in [-0.05, 0) is 35.9 Å². The van der Waals surface area contributed by atoms with Gasteiger partial charge < -0.3 is 10.6 Å². The molecule has 10 heteroatoms. The first-order valence-corrected chi connectivity index (χ1v) is 11.6. The normalized spacial score (nSPS) is 11.1. The molecule has 8 nitrogen and oxygen atoms in total. The van der Waals surface area contributed by atoms with Crippen LogP contribution < -0.4 is 16.3 Å². The highest BCUT2D eigenvalue weighted by atomic mass is 35.5. The topological polar surface area (TPSA) is 97.5 Å². The van der Waals surface area contributed by atoms with Crippen molar-refractivity contribution in [3.8, 4) is 0 Å². The van der Waals surface area contributed by atoms with E-state index in [4.69, 9.17) is 11.6 Å². The Bertz CT molecular complexity index is 1600. The first-order chi connectivity index (χ1) is 16.5. The number of nitrogens with zero attached hydrogens (tertiary/aromatic N) is 3. The van der Waals surface area contributed by atoms with Crippen molar-refractivity contribution >= 4 is 56.2 Å². The zero-order valence-electron chi connectivity index (χ0n) is 17.7. The largest absolute Gasteiger partial charge is 0.350 e. The molecule has 0 unspecified atom stereocenters. The van der Waals surface area contributed by atoms with E-state index < -0.39 is 5.91 Å². The van der Waals surface area contributed by atoms with Crippen LogP contribution in [-0.2, 0) is 11.3 Å². The molecule has 2 N–H and O–H groups in total. The second kappa shape index (κ2) is 9.12. The molecule has 0 fully saturated rings. The Labute approximate surface area is 202 Å². The van der Waals surface area contributed by atoms with E-state index in [0.717, 1.165) is 15.6 Å². The molecule has 3 aromatic heterocycles. The van der Waals surface area contributed by atoms with Crippen LogP contribution >= 0.6 is 22.9 Å². The van der Waals surface area contributed by atoms with E-state index in [1.54, 1.807) is 36.5 Å². The summed E-state index contributed by atoms with van der Waals surface area (Å²) in [5, 5.41) is 10.9. The minimum Gasteiger partial charge on any atom is -0.342 e. The van der Waals surface area contributed by atoms with Crippen molar-refractivity contribution in [2.24, 2.45) is 0 Å². The highest BCUT2D eigenvalue weighted by molar-refractivity contribution is 7.21. The molecule has 0 radical (unpaired) electrons. The van der Waals surface area contributed by atoms with Gasteiger partial charge in [0.05, 0.1) is 18.1 Å². The van der Waals surface area contributed by atoms with E-state index in [-0.39, 0.29) is 24.7 Å². The number of nitrogens with one attached hydrogen (secondary N) is 2. The summed E-state index contributed by atoms with van der Waals surface area (Å²) in [4.78, 5) is 37.8. The maximum absolute atomic E-state index is 12.5. The number of fused-ring (bicyclic) bond motifs is 2. The van der Waals surface area contributed by atoms with E-state index in [0.29, 0.717) is 21.2 Å². The van der Waals surface area contributed by atoms with Crippen LogP contribution in [0.2, 0.25) is 5.02 Å². The van der Waals surface area contributed by atoms with E-state index in [1.165, 1.54) is 20.4 Å². The second-order valence-electron chi connectivity index (χ2n) is 7.54. The number of halogens is 1. The summed E-state index contributed by atoms with van der Waals surface area (Å²) in [6.07, 6.45) is 1.66. The van der Waals surface area contributed by atoms with Crippen LogP contribution in [0.4, 0.5) is 5.69 Å². The van der Waals surface area contributed by atoms with Gasteiger partial charge >= 0.3 is 5.69 Å². The molecule has 0 saturated carbocycles. The smallest absolute Gasteiger partial charge is 0.342 e. The maximum atomic E-state index is 12.5. The van der Waals surface area contributed by atoms with Crippen LogP contribution in [0.25, 0.3) is 15.7 Å². The molecule has 0 saturated heterocycles. The van der Waals surface area contributed by atoms with E-state index in [1.807, 2.05) is 36.4 Å². The number of hydrogen-bond acceptors (Lipinski definition) is 5. The Balaban J connectivity index is 1.23. The van der Waals surface area contributed by atoms with Crippen molar-refractivity contribution < 1.29 is 9.59 Å². The number of amides is 2. The molecule has 0 spiro atoms. The van der Waals surface area contributed by atoms with E-state index in [9.17, 15) is 14.4 Å². The third-order valence-electron chi connectivity index (χ3n) is 5.18. The lowest BCUT2D eigenvalue weighted by Gasteiger charge is -2.08. The van der Waals surface area contributed by atoms with Crippen molar-refractivity contribution in [3.05, 3.63) is 98.9 Å². The number of hydrogen-bond donors (Lipinski definition) is 2. The van der Waals surface area contributed by atoms with E-state index >= 15 is 0 Å². The number of thiophene rings is 1. The van der Waals surface area contributed by atoms with Crippen molar-refractivity contribution in [3.63, 3.8) is 0 Å². The van der Waals surface area contributed by atoms with Gasteiger partial charge in [0.25, 0.3) is 5.91 Å². The first kappa shape index (κ1) is 21.9. The summed E-state index contributed by atoms with van der Waals surface area (Å²) >= 11 is 7.62. The van der Waals surface area contributed by atoms with Crippen molar-refractivity contribution in [1.29, 1.82) is 0 Å². The highest BCUT2D eigenvalue weighted by Gasteiger charge is 2.17. The molecule has 5 rings (SSSR count). The first-order valence-electron chi connectivity index (χ1n) is 10.4. The average molecular weight is 492 g/mol. The SMILES string of the molecule is O=C(CNC(=O)c1sc2ccccc2c1Cl)Nc1cccc(Cn2nc3ccccn3c2=O)c1. The quantitative estimate of drug-likeness (QED) is 0.377. The molecule has 5 aromatic rings. The molecule has 0 atom stereocenters. The Hall–Kier alpha value is -3.95. The molecule has 3 heterocycles. The minimum absolute atomic E-state index is 0.209. The van der Waals surface area contributed by atoms with Crippen LogP contribution in [0, 0.1) is 0 Å². The standard InChI is InChI=1S/C24H18ClN5O3S/c25-21-17-8-1-2-9-18(17)34-22(21)23(32)26-13-20(31)27-16-7-5-6-15(12-16)14-30-24(33)29-11-4-3-10-19(29)28-30/h1-12H,13-14H2,(H,26,32)(H,27,31). The van der Waals surface area contributed by atoms with Gasteiger partial charge in [-0.15, -0.1) is 16.4 Å². The molecule has 0 bridgehead atoms. The van der Waals surface area contributed by atoms with Gasteiger partial charge in [-0.3, -0.25) is 14.0 Å². The zero-order chi connectivity index (χ0) is 23.7. The number of anilines is 1. The average Bonchev–Trinajstić information content (AvgIpc) is 3.35. The van der Waals surface area contributed by atoms with Gasteiger partial charge in [0.15, 0.2) is 5.65 Å². The fraction of sp³-hybridized carbons (Fsp3) is 0.0833. The molecular weight excluding hydrogens is 474 g/mol. The third kappa shape index (κ3) is 4.30. The number of pyridine rings is 1. The van der Waals surface area contributed by atoms with Crippen LogP contribution in [0.5, 0.6) is 0 Å². The summed E-state index contributed by atoms with van der Waals surface area (Å²) in [5.41, 5.74) is 1.66. The maximum Gasteiger partial charge on any atom is 0.350 e. The molecular formula is C24H18ClN5O3S. The third-order valence-corrected chi connectivity index (χ3v) is 6.86. The second-order valence-corrected chi connectivity index (χ2v) is 8.97. The fourth-order valence-corrected chi connectivity index (χ4v) is 5.03. The molecule has 0 aliphatic rings. The molecule has 34 heavy (non-hydrogen) atoms. The minimum atomic E-state index is -0.402. The highest BCUT2D eigenvalue weighted by Crippen LogP contribution is 2.34. The number of aromatic nitrogens is 3. The van der Waals surface area contributed by atoms with Gasteiger partial charge in [0.2, 0.25) is 5.91 Å². The van der Waals surface area contributed by atoms with Crippen LogP contribution in [0.1, 0.15) is 15.2 Å². The summed E-state index contributed by atoms with van der Waals surface area (Å²) in [6, 6.07) is 19.9. The fourth-order valence-electron chi connectivity index (χ4n) is 3.60. The van der Waals surface area contributed by atoms with Crippen LogP contribution in [0.15, 0.2) is 77.7 Å².